The molecule has 0 aromatic rings. The van der Waals surface area contributed by atoms with Crippen molar-refractivity contribution < 1.29 is 54.7 Å². The molecule has 2 aliphatic rings. The highest BCUT2D eigenvalue weighted by atomic mass is 16.7. The van der Waals surface area contributed by atoms with Gasteiger partial charge in [0.2, 0.25) is 0 Å². The number of ether oxygens (including phenoxy) is 4. The van der Waals surface area contributed by atoms with Crippen LogP contribution in [0.5, 0.6) is 0 Å². The van der Waals surface area contributed by atoms with E-state index >= 15 is 0 Å². The van der Waals surface area contributed by atoms with Crippen molar-refractivity contribution in [1.29, 1.82) is 0 Å². The van der Waals surface area contributed by atoms with E-state index in [1.165, 1.54) is 0 Å². The molecule has 0 amide bonds. The van der Waals surface area contributed by atoms with Gasteiger partial charge >= 0.3 is 0 Å². The van der Waals surface area contributed by atoms with Crippen molar-refractivity contribution in [2.45, 2.75) is 74.3 Å². The molecule has 2 saturated heterocycles. The van der Waals surface area contributed by atoms with E-state index in [1.54, 1.807) is 0 Å². The Kier molecular flexibility index (Phi) is 9.00. The predicted octanol–water partition coefficient (Wildman–Crippen LogP) is -3.96. The summed E-state index contributed by atoms with van der Waals surface area (Å²) in [7, 11) is 0. The standard InChI is InChI=1S/C17H28O11/c1-2-3-4-5-25-16-14(24)12(22)15(9(7-19)27-16)28-17-13(23)11(21)10(20)8(6-18)26-17/h1,8-24H,3-7H2/t8-,9-,10+,11+,12-,13-,14-,15-,16-,17+/m1/s1. The van der Waals surface area contributed by atoms with Gasteiger partial charge in [0.1, 0.15) is 48.8 Å². The summed E-state index contributed by atoms with van der Waals surface area (Å²) in [6, 6.07) is 0. The average molecular weight is 408 g/mol. The number of aliphatic hydroxyl groups excluding tert-OH is 7. The summed E-state index contributed by atoms with van der Waals surface area (Å²) in [6.07, 6.45) is -8.50. The summed E-state index contributed by atoms with van der Waals surface area (Å²) in [4.78, 5) is 0. The quantitative estimate of drug-likeness (QED) is 0.154. The minimum atomic E-state index is -1.71. The zero-order valence-corrected chi connectivity index (χ0v) is 15.1. The van der Waals surface area contributed by atoms with Crippen LogP contribution < -0.4 is 0 Å². The Morgan fingerprint density at radius 3 is 2.00 bits per heavy atom. The predicted molar refractivity (Wildman–Crippen MR) is 90.4 cm³/mol. The lowest BCUT2D eigenvalue weighted by atomic mass is 9.97. The molecule has 0 spiro atoms. The first kappa shape index (κ1) is 23.4. The summed E-state index contributed by atoms with van der Waals surface area (Å²) in [6.45, 7) is -1.11. The number of terminal acetylenes is 1. The number of rotatable bonds is 8. The molecule has 0 unspecified atom stereocenters. The highest BCUT2D eigenvalue weighted by Crippen LogP contribution is 2.29. The molecule has 2 aliphatic heterocycles. The van der Waals surface area contributed by atoms with Crippen LogP contribution in [-0.2, 0) is 18.9 Å². The van der Waals surface area contributed by atoms with Gasteiger partial charge < -0.3 is 54.7 Å². The van der Waals surface area contributed by atoms with Crippen molar-refractivity contribution in [2.24, 2.45) is 0 Å². The molecular weight excluding hydrogens is 380 g/mol. The third-order valence-electron chi connectivity index (χ3n) is 4.71. The van der Waals surface area contributed by atoms with E-state index in [2.05, 4.69) is 5.92 Å². The molecule has 0 aromatic carbocycles. The van der Waals surface area contributed by atoms with Gasteiger partial charge in [-0.2, -0.15) is 0 Å². The van der Waals surface area contributed by atoms with Gasteiger partial charge in [0.05, 0.1) is 19.8 Å². The van der Waals surface area contributed by atoms with Crippen molar-refractivity contribution in [1.82, 2.24) is 0 Å². The largest absolute Gasteiger partial charge is 0.394 e. The normalized spacial score (nSPS) is 44.2. The topological polar surface area (TPSA) is 179 Å². The molecule has 0 radical (unpaired) electrons. The van der Waals surface area contributed by atoms with Crippen molar-refractivity contribution in [2.75, 3.05) is 19.8 Å². The Labute approximate surface area is 162 Å². The first-order valence-electron chi connectivity index (χ1n) is 8.99. The molecule has 7 N–H and O–H groups in total. The number of hydrogen-bond donors (Lipinski definition) is 7. The third kappa shape index (κ3) is 5.18. The molecule has 0 bridgehead atoms. The zero-order valence-electron chi connectivity index (χ0n) is 15.1. The second kappa shape index (κ2) is 10.8. The van der Waals surface area contributed by atoms with Gasteiger partial charge in [-0.05, 0) is 6.42 Å². The van der Waals surface area contributed by atoms with Gasteiger partial charge in [0, 0.05) is 6.42 Å². The number of aliphatic hydroxyl groups is 7. The van der Waals surface area contributed by atoms with Crippen LogP contribution in [0.3, 0.4) is 0 Å². The molecule has 0 aliphatic carbocycles. The van der Waals surface area contributed by atoms with E-state index in [0.29, 0.717) is 12.8 Å². The third-order valence-corrected chi connectivity index (χ3v) is 4.71. The molecule has 0 saturated carbocycles. The van der Waals surface area contributed by atoms with E-state index in [1.807, 2.05) is 0 Å². The van der Waals surface area contributed by atoms with Crippen LogP contribution in [0.1, 0.15) is 12.8 Å². The maximum atomic E-state index is 10.4. The minimum Gasteiger partial charge on any atom is -0.394 e. The van der Waals surface area contributed by atoms with E-state index in [0.717, 1.165) is 0 Å². The fourth-order valence-electron chi connectivity index (χ4n) is 3.07. The Morgan fingerprint density at radius 1 is 0.786 bits per heavy atom. The average Bonchev–Trinajstić information content (AvgIpc) is 2.70. The molecule has 10 atom stereocenters. The fourth-order valence-corrected chi connectivity index (χ4v) is 3.07. The SMILES string of the molecule is C#CCCCO[C@@H]1O[C@H](CO)[C@@H](O[C@@H]2O[C@H](CO)[C@H](O)[C@H](O)[C@H]2O)[C@H](O)[C@H]1O. The Bertz CT molecular complexity index is 508. The lowest BCUT2D eigenvalue weighted by molar-refractivity contribution is -0.359. The van der Waals surface area contributed by atoms with Crippen molar-refractivity contribution in [3.05, 3.63) is 0 Å². The first-order valence-corrected chi connectivity index (χ1v) is 8.99. The van der Waals surface area contributed by atoms with E-state index in [-0.39, 0.29) is 6.61 Å². The van der Waals surface area contributed by atoms with Crippen LogP contribution in [0.2, 0.25) is 0 Å². The number of unbranched alkanes of at least 4 members (excludes halogenated alkanes) is 1. The lowest BCUT2D eigenvalue weighted by Crippen LogP contribution is -2.64. The first-order chi connectivity index (χ1) is 13.3. The molecular formula is C17H28O11. The van der Waals surface area contributed by atoms with Gasteiger partial charge in [-0.25, -0.2) is 0 Å². The summed E-state index contributed by atoms with van der Waals surface area (Å²) >= 11 is 0. The van der Waals surface area contributed by atoms with E-state index in [9.17, 15) is 35.7 Å². The van der Waals surface area contributed by atoms with Crippen LogP contribution in [0.25, 0.3) is 0 Å². The molecule has 162 valence electrons. The minimum absolute atomic E-state index is 0.162. The molecule has 2 heterocycles. The van der Waals surface area contributed by atoms with Gasteiger partial charge in [-0.1, -0.05) is 0 Å². The monoisotopic (exact) mass is 408 g/mol. The van der Waals surface area contributed by atoms with Gasteiger partial charge in [-0.15, -0.1) is 12.3 Å². The lowest BCUT2D eigenvalue weighted by Gasteiger charge is -2.45. The van der Waals surface area contributed by atoms with Crippen LogP contribution >= 0.6 is 0 Å². The summed E-state index contributed by atoms with van der Waals surface area (Å²) < 4.78 is 21.4. The maximum absolute atomic E-state index is 10.4. The van der Waals surface area contributed by atoms with E-state index in [4.69, 9.17) is 25.4 Å². The fraction of sp³-hybridized carbons (Fsp3) is 0.882. The second-order valence-corrected chi connectivity index (χ2v) is 6.68. The summed E-state index contributed by atoms with van der Waals surface area (Å²) in [5.74, 6) is 2.43. The summed E-state index contributed by atoms with van der Waals surface area (Å²) in [5, 5.41) is 69.1. The Hall–Kier alpha value is -0.880. The van der Waals surface area contributed by atoms with Crippen molar-refractivity contribution >= 4 is 0 Å². The van der Waals surface area contributed by atoms with Crippen molar-refractivity contribution in [3.8, 4) is 12.3 Å². The van der Waals surface area contributed by atoms with Gasteiger partial charge in [-0.3, -0.25) is 0 Å². The number of hydrogen-bond acceptors (Lipinski definition) is 11. The Morgan fingerprint density at radius 2 is 1.39 bits per heavy atom. The van der Waals surface area contributed by atoms with E-state index < -0.39 is 74.6 Å². The molecule has 11 heteroatoms. The molecule has 11 nitrogen and oxygen atoms in total. The van der Waals surface area contributed by atoms with Crippen LogP contribution in [-0.4, -0.2) is 117 Å². The highest BCUT2D eigenvalue weighted by Gasteiger charge is 2.50. The summed E-state index contributed by atoms with van der Waals surface area (Å²) in [5.41, 5.74) is 0. The highest BCUT2D eigenvalue weighted by molar-refractivity contribution is 4.94. The van der Waals surface area contributed by atoms with Crippen LogP contribution in [0, 0.1) is 12.3 Å². The van der Waals surface area contributed by atoms with Crippen LogP contribution in [0.15, 0.2) is 0 Å². The van der Waals surface area contributed by atoms with Crippen LogP contribution in [0.4, 0.5) is 0 Å². The Balaban J connectivity index is 2.03. The molecule has 2 rings (SSSR count). The molecule has 28 heavy (non-hydrogen) atoms. The van der Waals surface area contributed by atoms with Gasteiger partial charge in [0.25, 0.3) is 0 Å². The molecule has 2 fully saturated rings. The molecule has 0 aromatic heterocycles. The van der Waals surface area contributed by atoms with Gasteiger partial charge in [0.15, 0.2) is 12.6 Å². The van der Waals surface area contributed by atoms with Crippen molar-refractivity contribution in [3.63, 3.8) is 0 Å². The zero-order chi connectivity index (χ0) is 20.8. The second-order valence-electron chi connectivity index (χ2n) is 6.68. The maximum Gasteiger partial charge on any atom is 0.187 e. The smallest absolute Gasteiger partial charge is 0.187 e.